The fourth-order valence-electron chi connectivity index (χ4n) is 26.8. The fraction of sp³-hybridized carbons (Fsp3) is 0.556. The molecular formula is C90H101N5O6. The van der Waals surface area contributed by atoms with Gasteiger partial charge in [0.2, 0.25) is 0 Å². The number of ether oxygens (including phenoxy) is 3. The minimum Gasteiger partial charge on any atom is -0.390 e. The lowest BCUT2D eigenvalue weighted by Crippen LogP contribution is -2.60. The molecule has 5 saturated heterocycles. The van der Waals surface area contributed by atoms with Crippen molar-refractivity contribution in [3.05, 3.63) is 197 Å². The first-order chi connectivity index (χ1) is 49.0. The number of ketones is 1. The number of pyridine rings is 3. The average molecular weight is 1350 g/mol. The summed E-state index contributed by atoms with van der Waals surface area (Å²) in [5.74, 6) is 3.72. The Morgan fingerprint density at radius 2 is 0.782 bits per heavy atom. The van der Waals surface area contributed by atoms with Gasteiger partial charge in [-0.05, 0) is 296 Å². The maximum Gasteiger partial charge on any atom is 0.136 e. The molecule has 6 bridgehead atoms. The highest BCUT2D eigenvalue weighted by Crippen LogP contribution is 2.73. The molecule has 3 aromatic heterocycles. The summed E-state index contributed by atoms with van der Waals surface area (Å²) in [7, 11) is 0. The van der Waals surface area contributed by atoms with Gasteiger partial charge in [0.1, 0.15) is 5.78 Å². The molecule has 6 saturated carbocycles. The van der Waals surface area contributed by atoms with Crippen LogP contribution in [-0.4, -0.2) is 125 Å². The first-order valence-corrected chi connectivity index (χ1v) is 39.7. The van der Waals surface area contributed by atoms with Gasteiger partial charge in [0.15, 0.2) is 0 Å². The number of benzene rings is 3. The number of fused-ring (bicyclic) bond motifs is 6. The Balaban J connectivity index is 0.0000000991. The van der Waals surface area contributed by atoms with Crippen LogP contribution in [0.3, 0.4) is 0 Å². The highest BCUT2D eigenvalue weighted by Gasteiger charge is 2.70. The lowest BCUT2D eigenvalue weighted by atomic mass is 9.58. The molecule has 0 amide bonds. The van der Waals surface area contributed by atoms with E-state index in [2.05, 4.69) is 155 Å². The van der Waals surface area contributed by atoms with E-state index in [1.165, 1.54) is 148 Å². The van der Waals surface area contributed by atoms with Crippen LogP contribution < -0.4 is 0 Å². The Kier molecular flexibility index (Phi) is 14.0. The number of allylic oxidation sites excluding steroid dienone is 3. The van der Waals surface area contributed by atoms with Crippen molar-refractivity contribution in [1.29, 1.82) is 0 Å². The van der Waals surface area contributed by atoms with Gasteiger partial charge in [-0.2, -0.15) is 0 Å². The molecule has 6 spiro atoms. The van der Waals surface area contributed by atoms with Crippen LogP contribution in [0.15, 0.2) is 180 Å². The number of carbonyl (C=O) groups excluding carboxylic acids is 1. The Morgan fingerprint density at radius 1 is 0.416 bits per heavy atom. The van der Waals surface area contributed by atoms with Crippen LogP contribution in [0.4, 0.5) is 0 Å². The average Bonchev–Trinajstić information content (AvgIpc) is 1.52. The van der Waals surface area contributed by atoms with Crippen LogP contribution in [0.25, 0.3) is 32.3 Å². The summed E-state index contributed by atoms with van der Waals surface area (Å²) in [5.41, 5.74) is 13.2. The summed E-state index contributed by atoms with van der Waals surface area (Å²) >= 11 is 0. The molecule has 6 aromatic rings. The van der Waals surface area contributed by atoms with E-state index in [0.717, 1.165) is 90.4 Å². The molecule has 11 heteroatoms. The van der Waals surface area contributed by atoms with Gasteiger partial charge >= 0.3 is 0 Å². The Bertz CT molecular complexity index is 4470. The summed E-state index contributed by atoms with van der Waals surface area (Å²) in [6, 6.07) is 28.6. The highest BCUT2D eigenvalue weighted by atomic mass is 16.5. The van der Waals surface area contributed by atoms with E-state index >= 15 is 0 Å². The number of Topliss-reactive ketones (excluding diaryl/α,β-unsaturated/α-hetero) is 1. The number of β-amino-alcohol motifs (C(OH)–C–C–N with tert-alkyl or cyclic N) is 2. The van der Waals surface area contributed by atoms with E-state index in [1.54, 1.807) is 11.1 Å². The molecule has 8 aliphatic heterocycles. The quantitative estimate of drug-likeness (QED) is 0.171. The zero-order valence-corrected chi connectivity index (χ0v) is 59.7. The van der Waals surface area contributed by atoms with Crippen LogP contribution in [0.2, 0.25) is 0 Å². The van der Waals surface area contributed by atoms with Crippen molar-refractivity contribution in [3.63, 3.8) is 0 Å². The molecule has 11 fully saturated rings. The van der Waals surface area contributed by atoms with Crippen molar-refractivity contribution in [2.45, 2.75) is 251 Å². The lowest BCUT2D eigenvalue weighted by molar-refractivity contribution is -0.147. The zero-order chi connectivity index (χ0) is 67.7. The maximum absolute atomic E-state index is 12.4. The Hall–Kier alpha value is -6.28. The predicted octanol–water partition coefficient (Wildman–Crippen LogP) is 17.1. The number of rotatable bonds is 5. The predicted molar refractivity (Wildman–Crippen MR) is 395 cm³/mol. The molecule has 11 nitrogen and oxygen atoms in total. The molecule has 17 atom stereocenters. The largest absolute Gasteiger partial charge is 0.390 e. The molecule has 101 heavy (non-hydrogen) atoms. The number of hydrogen-bond donors (Lipinski definition) is 2. The lowest BCUT2D eigenvalue weighted by Gasteiger charge is -2.55. The molecule has 17 aliphatic rings. The molecule has 522 valence electrons. The van der Waals surface area contributed by atoms with Gasteiger partial charge in [-0.25, -0.2) is 0 Å². The second-order valence-electron chi connectivity index (χ2n) is 36.3. The molecule has 9 aliphatic carbocycles. The minimum absolute atomic E-state index is 0.0637. The summed E-state index contributed by atoms with van der Waals surface area (Å²) in [6.45, 7) is 11.0. The van der Waals surface area contributed by atoms with E-state index in [9.17, 15) is 15.0 Å². The molecular weight excluding hydrogens is 1250 g/mol. The van der Waals surface area contributed by atoms with E-state index in [-0.39, 0.29) is 62.1 Å². The SMILES string of the molecule is C[C@]12CC=C3C=C4CCC(=O)C[C@]45CCC3(O5)[C@@H]1CC[C@@H]2c1ccc2ccncc2c1.C[C@]12CC=C3C=C4CC[C@@H](N5CC(O)C5)C[C@]45CCC3(O5)[C@@H]1CC[C@@H]2c1ccc2ccncc2c1.C[C@]12CC=C3C=C4CC[C@H](N5CC(O)C5)C[C@]45CCC3(O5)[C@@H]1CC[C@@H]2c1ccc2ccncc2c1. The smallest absolute Gasteiger partial charge is 0.136 e. The van der Waals surface area contributed by atoms with Crippen LogP contribution in [-0.2, 0) is 19.0 Å². The van der Waals surface area contributed by atoms with Gasteiger partial charge in [-0.3, -0.25) is 29.5 Å². The molecule has 3 aromatic carbocycles. The Labute approximate surface area is 596 Å². The third-order valence-electron chi connectivity index (χ3n) is 31.8. The van der Waals surface area contributed by atoms with Crippen molar-refractivity contribution in [2.75, 3.05) is 26.2 Å². The molecule has 23 rings (SSSR count). The summed E-state index contributed by atoms with van der Waals surface area (Å²) in [5, 5.41) is 27.3. The van der Waals surface area contributed by atoms with Crippen LogP contribution in [0, 0.1) is 34.0 Å². The normalized spacial score (nSPS) is 42.0. The van der Waals surface area contributed by atoms with E-state index in [1.807, 2.05) is 37.2 Å². The van der Waals surface area contributed by atoms with Gasteiger partial charge in [0.05, 0.1) is 45.8 Å². The molecule has 0 radical (unpaired) electrons. The van der Waals surface area contributed by atoms with Crippen molar-refractivity contribution < 1.29 is 29.2 Å². The number of carbonyl (C=O) groups is 1. The third-order valence-corrected chi connectivity index (χ3v) is 31.8. The molecule has 11 heterocycles. The fourth-order valence-corrected chi connectivity index (χ4v) is 26.8. The number of hydrogen-bond acceptors (Lipinski definition) is 11. The minimum atomic E-state index is -0.294. The first-order valence-electron chi connectivity index (χ1n) is 39.7. The number of aromatic nitrogens is 3. The molecule has 3 unspecified atom stereocenters. The second kappa shape index (κ2) is 22.4. The van der Waals surface area contributed by atoms with E-state index in [0.29, 0.717) is 66.2 Å². The summed E-state index contributed by atoms with van der Waals surface area (Å²) in [4.78, 5) is 30.5. The monoisotopic (exact) mass is 1350 g/mol. The van der Waals surface area contributed by atoms with Crippen LogP contribution in [0.1, 0.15) is 209 Å². The van der Waals surface area contributed by atoms with E-state index < -0.39 is 0 Å². The number of likely N-dealkylation sites (tertiary alicyclic amines) is 2. The Morgan fingerprint density at radius 3 is 1.17 bits per heavy atom. The number of aliphatic hydroxyl groups is 2. The second-order valence-corrected chi connectivity index (χ2v) is 36.3. The molecule has 2 N–H and O–H groups in total. The number of nitrogens with zero attached hydrogens (tertiary/aromatic N) is 5. The van der Waals surface area contributed by atoms with Gasteiger partial charge in [0, 0.05) is 104 Å². The highest BCUT2D eigenvalue weighted by molar-refractivity contribution is 5.85. The van der Waals surface area contributed by atoms with Gasteiger partial charge in [-0.1, -0.05) is 93.6 Å². The summed E-state index contributed by atoms with van der Waals surface area (Å²) < 4.78 is 22.0. The van der Waals surface area contributed by atoms with Crippen molar-refractivity contribution in [3.8, 4) is 0 Å². The number of aliphatic hydroxyl groups excluding tert-OH is 2. The third kappa shape index (κ3) is 9.14. The zero-order valence-electron chi connectivity index (χ0n) is 59.7. The summed E-state index contributed by atoms with van der Waals surface area (Å²) in [6.07, 6.45) is 53.4. The van der Waals surface area contributed by atoms with E-state index in [4.69, 9.17) is 14.2 Å². The van der Waals surface area contributed by atoms with Crippen molar-refractivity contribution >= 4 is 38.1 Å². The van der Waals surface area contributed by atoms with Crippen molar-refractivity contribution in [1.82, 2.24) is 24.8 Å². The first kappa shape index (κ1) is 63.2. The van der Waals surface area contributed by atoms with Gasteiger partial charge < -0.3 is 24.4 Å². The van der Waals surface area contributed by atoms with Crippen LogP contribution >= 0.6 is 0 Å². The maximum atomic E-state index is 12.4. The van der Waals surface area contributed by atoms with Crippen LogP contribution in [0.5, 0.6) is 0 Å². The topological polar surface area (TPSA) is 130 Å². The van der Waals surface area contributed by atoms with Crippen molar-refractivity contribution in [2.24, 2.45) is 34.0 Å². The van der Waals surface area contributed by atoms with Gasteiger partial charge in [0.25, 0.3) is 0 Å². The standard InChI is InChI=1S/2C31H36N2O2.C28H29NO2/c2*1-29-10-8-24-15-23-4-5-25(33-18-26(34)19-33)16-30(23)11-12-31(24,35-30)28(29)7-6-27(29)21-3-2-20-9-13-32-17-22(20)14-21;1-26-10-8-22-15-21-4-5-23(30)16-27(21)11-12-28(22,31-27)25(26)7-6-24(26)19-3-2-18-9-13-29-17-20(18)14-19/h2*2-3,8-9,13-15,17,25-28,34H,4-7,10-12,16,18-19H2,1H3;2-3,8-9,13-15,17,24-25H,4-7,10-12,16H2,1H3/t25-,27+,28+,29+,30+,31?;25-,27-,28-,29-,30-,31?;24-,25-,26-,27-,28?/m011/s1. The van der Waals surface area contributed by atoms with Gasteiger partial charge in [-0.15, -0.1) is 0 Å².